The zero-order chi connectivity index (χ0) is 18.5. The molecule has 3 aromatic rings. The van der Waals surface area contributed by atoms with Crippen LogP contribution in [0.2, 0.25) is 0 Å². The third-order valence-electron chi connectivity index (χ3n) is 4.89. The summed E-state index contributed by atoms with van der Waals surface area (Å²) in [5.74, 6) is 1.15. The molecule has 140 valence electrons. The zero-order valence-electron chi connectivity index (χ0n) is 15.3. The van der Waals surface area contributed by atoms with Crippen LogP contribution < -0.4 is 4.74 Å². The van der Waals surface area contributed by atoms with Gasteiger partial charge in [0.2, 0.25) is 0 Å². The first-order valence-electron chi connectivity index (χ1n) is 9.53. The Morgan fingerprint density at radius 2 is 1.85 bits per heavy atom. The Hall–Kier alpha value is -2.89. The van der Waals surface area contributed by atoms with Gasteiger partial charge in [-0.2, -0.15) is 0 Å². The summed E-state index contributed by atoms with van der Waals surface area (Å²) in [6.07, 6.45) is 7.46. The first kappa shape index (κ1) is 17.5. The molecule has 0 bridgehead atoms. The third kappa shape index (κ3) is 4.10. The van der Waals surface area contributed by atoms with E-state index in [4.69, 9.17) is 9.26 Å². The number of ether oxygens (including phenoxy) is 1. The van der Waals surface area contributed by atoms with Crippen LogP contribution >= 0.6 is 0 Å². The van der Waals surface area contributed by atoms with E-state index < -0.39 is 0 Å². The van der Waals surface area contributed by atoms with Crippen LogP contribution in [0.25, 0.3) is 10.9 Å². The fraction of sp³-hybridized carbons (Fsp3) is 0.381. The number of fused-ring (bicyclic) bond motifs is 1. The van der Waals surface area contributed by atoms with Gasteiger partial charge in [0.05, 0.1) is 0 Å². The number of benzene rings is 1. The molecule has 2 aromatic heterocycles. The highest BCUT2D eigenvalue weighted by Crippen LogP contribution is 2.24. The van der Waals surface area contributed by atoms with Gasteiger partial charge in [0.25, 0.3) is 5.91 Å². The molecule has 0 atom stereocenters. The number of hydrogen-bond acceptors (Lipinski definition) is 5. The van der Waals surface area contributed by atoms with E-state index in [1.54, 1.807) is 12.3 Å². The molecule has 1 amide bonds. The Kier molecular flexibility index (Phi) is 5.32. The largest absolute Gasteiger partial charge is 0.483 e. The van der Waals surface area contributed by atoms with Gasteiger partial charge in [-0.1, -0.05) is 42.6 Å². The molecule has 0 N–H and O–H groups in total. The van der Waals surface area contributed by atoms with Crippen molar-refractivity contribution in [2.75, 3.05) is 13.1 Å². The lowest BCUT2D eigenvalue weighted by Gasteiger charge is -2.23. The van der Waals surface area contributed by atoms with E-state index >= 15 is 0 Å². The number of para-hydroxylation sites is 1. The van der Waals surface area contributed by atoms with E-state index in [0.717, 1.165) is 36.8 Å². The second-order valence-electron chi connectivity index (χ2n) is 6.86. The molecule has 3 heterocycles. The van der Waals surface area contributed by atoms with E-state index in [1.807, 2.05) is 35.2 Å². The van der Waals surface area contributed by atoms with E-state index in [-0.39, 0.29) is 12.5 Å². The number of nitrogens with zero attached hydrogens (tertiary/aromatic N) is 3. The number of hydrogen-bond donors (Lipinski definition) is 0. The first-order chi connectivity index (χ1) is 13.3. The predicted octanol–water partition coefficient (Wildman–Crippen LogP) is 4.21. The maximum absolute atomic E-state index is 12.7. The van der Waals surface area contributed by atoms with Crippen LogP contribution in [-0.2, 0) is 6.61 Å². The number of aromatic nitrogens is 2. The molecule has 4 rings (SSSR count). The topological polar surface area (TPSA) is 68.5 Å². The predicted molar refractivity (Wildman–Crippen MR) is 102 cm³/mol. The Balaban J connectivity index is 1.42. The van der Waals surface area contributed by atoms with Gasteiger partial charge in [0.1, 0.15) is 17.9 Å². The van der Waals surface area contributed by atoms with E-state index in [0.29, 0.717) is 17.2 Å². The molecule has 6 nitrogen and oxygen atoms in total. The number of carbonyl (C=O) groups is 1. The summed E-state index contributed by atoms with van der Waals surface area (Å²) in [5.41, 5.74) is 1.15. The fourth-order valence-corrected chi connectivity index (χ4v) is 3.44. The Morgan fingerprint density at radius 1 is 1.07 bits per heavy atom. The Bertz CT molecular complexity index is 908. The van der Waals surface area contributed by atoms with Crippen molar-refractivity contribution in [1.82, 2.24) is 15.0 Å². The molecule has 1 aliphatic heterocycles. The summed E-state index contributed by atoms with van der Waals surface area (Å²) in [4.78, 5) is 18.9. The average molecular weight is 365 g/mol. The molecular formula is C21H23N3O3. The lowest BCUT2D eigenvalue weighted by Crippen LogP contribution is -2.34. The van der Waals surface area contributed by atoms with Gasteiger partial charge in [-0.05, 0) is 25.0 Å². The molecule has 1 aliphatic rings. The monoisotopic (exact) mass is 365 g/mol. The van der Waals surface area contributed by atoms with E-state index in [1.165, 1.54) is 19.3 Å². The van der Waals surface area contributed by atoms with Crippen molar-refractivity contribution in [3.63, 3.8) is 0 Å². The minimum atomic E-state index is -0.0567. The van der Waals surface area contributed by atoms with Crippen LogP contribution in [0, 0.1) is 0 Å². The second-order valence-corrected chi connectivity index (χ2v) is 6.86. The van der Waals surface area contributed by atoms with Gasteiger partial charge in [0.15, 0.2) is 11.5 Å². The van der Waals surface area contributed by atoms with Gasteiger partial charge < -0.3 is 14.2 Å². The summed E-state index contributed by atoms with van der Waals surface area (Å²) < 4.78 is 11.2. The smallest absolute Gasteiger partial charge is 0.276 e. The number of pyridine rings is 1. The number of carbonyl (C=O) groups excluding carboxylic acids is 1. The Labute approximate surface area is 158 Å². The van der Waals surface area contributed by atoms with Crippen LogP contribution in [-0.4, -0.2) is 34.0 Å². The highest BCUT2D eigenvalue weighted by Gasteiger charge is 2.20. The van der Waals surface area contributed by atoms with E-state index in [9.17, 15) is 4.79 Å². The molecule has 0 unspecified atom stereocenters. The minimum Gasteiger partial charge on any atom is -0.483 e. The van der Waals surface area contributed by atoms with Gasteiger partial charge in [-0.3, -0.25) is 9.78 Å². The van der Waals surface area contributed by atoms with Crippen LogP contribution in [0.4, 0.5) is 0 Å². The highest BCUT2D eigenvalue weighted by molar-refractivity contribution is 5.92. The normalized spacial score (nSPS) is 15.3. The summed E-state index contributed by atoms with van der Waals surface area (Å²) in [6.45, 7) is 1.79. The zero-order valence-corrected chi connectivity index (χ0v) is 15.3. The molecule has 0 saturated carbocycles. The third-order valence-corrected chi connectivity index (χ3v) is 4.89. The molecule has 1 aromatic carbocycles. The fourth-order valence-electron chi connectivity index (χ4n) is 3.44. The van der Waals surface area contributed by atoms with Gasteiger partial charge >= 0.3 is 0 Å². The summed E-state index contributed by atoms with van der Waals surface area (Å²) in [5, 5.41) is 4.97. The van der Waals surface area contributed by atoms with Crippen LogP contribution in [0.3, 0.4) is 0 Å². The molecule has 1 saturated heterocycles. The summed E-state index contributed by atoms with van der Waals surface area (Å²) >= 11 is 0. The van der Waals surface area contributed by atoms with Crippen molar-refractivity contribution in [1.29, 1.82) is 0 Å². The molecule has 6 heteroatoms. The number of amides is 1. The van der Waals surface area contributed by atoms with Crippen molar-refractivity contribution >= 4 is 16.8 Å². The van der Waals surface area contributed by atoms with Crippen molar-refractivity contribution in [3.8, 4) is 5.75 Å². The lowest BCUT2D eigenvalue weighted by atomic mass is 10.1. The minimum absolute atomic E-state index is 0.0567. The van der Waals surface area contributed by atoms with Crippen LogP contribution in [0.5, 0.6) is 5.75 Å². The molecule has 0 aliphatic carbocycles. The standard InChI is InChI=1S/C21H23N3O3/c25-21(24-12-4-2-1-3-5-13-24)18-14-17(27-23-18)15-26-19-10-6-8-16-9-7-11-22-20(16)19/h6-11,14H,1-5,12-13,15H2. The van der Waals surface area contributed by atoms with Crippen molar-refractivity contribution in [2.45, 2.75) is 38.7 Å². The molecule has 27 heavy (non-hydrogen) atoms. The molecular weight excluding hydrogens is 342 g/mol. The van der Waals surface area contributed by atoms with Crippen LogP contribution in [0.1, 0.15) is 48.4 Å². The molecule has 0 spiro atoms. The van der Waals surface area contributed by atoms with Crippen molar-refractivity contribution < 1.29 is 14.1 Å². The maximum Gasteiger partial charge on any atom is 0.276 e. The lowest BCUT2D eigenvalue weighted by molar-refractivity contribution is 0.0731. The van der Waals surface area contributed by atoms with Crippen LogP contribution in [0.15, 0.2) is 47.1 Å². The van der Waals surface area contributed by atoms with Crippen molar-refractivity contribution in [3.05, 3.63) is 54.0 Å². The number of likely N-dealkylation sites (tertiary alicyclic amines) is 1. The van der Waals surface area contributed by atoms with E-state index in [2.05, 4.69) is 10.1 Å². The summed E-state index contributed by atoms with van der Waals surface area (Å²) in [7, 11) is 0. The second kappa shape index (κ2) is 8.20. The van der Waals surface area contributed by atoms with Crippen molar-refractivity contribution in [2.24, 2.45) is 0 Å². The van der Waals surface area contributed by atoms with Gasteiger partial charge in [0, 0.05) is 30.7 Å². The SMILES string of the molecule is O=C(c1cc(COc2cccc3cccnc23)on1)N1CCCCCCC1. The first-order valence-corrected chi connectivity index (χ1v) is 9.53. The quantitative estimate of drug-likeness (QED) is 0.693. The molecule has 0 radical (unpaired) electrons. The maximum atomic E-state index is 12.7. The van der Waals surface area contributed by atoms with Gasteiger partial charge in [-0.25, -0.2) is 0 Å². The number of rotatable bonds is 4. The Morgan fingerprint density at radius 3 is 2.70 bits per heavy atom. The van der Waals surface area contributed by atoms with Gasteiger partial charge in [-0.15, -0.1) is 0 Å². The molecule has 1 fully saturated rings. The average Bonchev–Trinajstić information content (AvgIpc) is 3.15. The summed E-state index contributed by atoms with van der Waals surface area (Å²) in [6, 6.07) is 11.4. The highest BCUT2D eigenvalue weighted by atomic mass is 16.5.